The minimum Gasteiger partial charge on any atom is -0.452 e. The topological polar surface area (TPSA) is 75.7 Å². The molecule has 2 amide bonds. The Labute approximate surface area is 166 Å². The molecule has 0 fully saturated rings. The van der Waals surface area contributed by atoms with Crippen LogP contribution in [0, 0.1) is 11.6 Å². The summed E-state index contributed by atoms with van der Waals surface area (Å²) in [6.45, 7) is 1.91. The van der Waals surface area contributed by atoms with Crippen molar-refractivity contribution in [3.05, 3.63) is 65.2 Å². The number of carbonyl (C=O) groups is 3. The number of carbonyl (C=O) groups excluding carboxylic acids is 3. The maximum Gasteiger partial charge on any atom is 0.308 e. The number of amides is 2. The molecule has 0 aliphatic carbocycles. The highest BCUT2D eigenvalue weighted by atomic mass is 19.1. The van der Waals surface area contributed by atoms with Crippen LogP contribution >= 0.6 is 0 Å². The quantitative estimate of drug-likeness (QED) is 0.754. The Morgan fingerprint density at radius 3 is 2.69 bits per heavy atom. The number of rotatable bonds is 6. The molecule has 1 heterocycles. The number of anilines is 1. The van der Waals surface area contributed by atoms with E-state index in [0.29, 0.717) is 12.6 Å². The van der Waals surface area contributed by atoms with Crippen molar-refractivity contribution >= 4 is 23.5 Å². The minimum absolute atomic E-state index is 0.109. The van der Waals surface area contributed by atoms with Crippen molar-refractivity contribution < 1.29 is 27.9 Å². The first-order valence-corrected chi connectivity index (χ1v) is 9.19. The molecule has 0 radical (unpaired) electrons. The van der Waals surface area contributed by atoms with Gasteiger partial charge in [0.2, 0.25) is 0 Å². The van der Waals surface area contributed by atoms with Crippen molar-refractivity contribution in [3.8, 4) is 0 Å². The zero-order valence-electron chi connectivity index (χ0n) is 15.8. The van der Waals surface area contributed by atoms with Crippen LogP contribution in [0.5, 0.6) is 0 Å². The van der Waals surface area contributed by atoms with E-state index < -0.39 is 29.6 Å². The van der Waals surface area contributed by atoms with Gasteiger partial charge in [-0.2, -0.15) is 0 Å². The van der Waals surface area contributed by atoms with E-state index in [4.69, 9.17) is 4.74 Å². The monoisotopic (exact) mass is 402 g/mol. The van der Waals surface area contributed by atoms with Gasteiger partial charge < -0.3 is 15.0 Å². The van der Waals surface area contributed by atoms with Gasteiger partial charge in [0, 0.05) is 24.8 Å². The van der Waals surface area contributed by atoms with Crippen LogP contribution in [0.2, 0.25) is 0 Å². The molecule has 0 bridgehead atoms. The number of esters is 1. The molecule has 2 aromatic rings. The van der Waals surface area contributed by atoms with Gasteiger partial charge in [-0.05, 0) is 37.1 Å². The van der Waals surface area contributed by atoms with Crippen LogP contribution < -0.4 is 10.2 Å². The maximum atomic E-state index is 13.6. The van der Waals surface area contributed by atoms with E-state index in [9.17, 15) is 23.2 Å². The lowest BCUT2D eigenvalue weighted by atomic mass is 10.2. The molecule has 1 aliphatic rings. The van der Waals surface area contributed by atoms with Gasteiger partial charge in [0.1, 0.15) is 11.6 Å². The summed E-state index contributed by atoms with van der Waals surface area (Å²) in [6, 6.07) is 10.1. The van der Waals surface area contributed by atoms with E-state index in [0.717, 1.165) is 29.8 Å². The van der Waals surface area contributed by atoms with Gasteiger partial charge in [0.15, 0.2) is 6.10 Å². The first-order chi connectivity index (χ1) is 13.9. The normalized spacial score (nSPS) is 13.6. The molecular weight excluding hydrogens is 382 g/mol. The Morgan fingerprint density at radius 2 is 1.93 bits per heavy atom. The van der Waals surface area contributed by atoms with E-state index in [1.54, 1.807) is 4.90 Å². The summed E-state index contributed by atoms with van der Waals surface area (Å²) in [7, 11) is 0. The molecule has 0 spiro atoms. The Hall–Kier alpha value is -3.29. The fraction of sp³-hybridized carbons (Fsp3) is 0.286. The van der Waals surface area contributed by atoms with Gasteiger partial charge in [-0.25, -0.2) is 8.78 Å². The van der Waals surface area contributed by atoms with E-state index in [2.05, 4.69) is 5.32 Å². The zero-order valence-corrected chi connectivity index (χ0v) is 15.8. The smallest absolute Gasteiger partial charge is 0.308 e. The number of nitrogens with one attached hydrogen (secondary N) is 1. The van der Waals surface area contributed by atoms with Crippen molar-refractivity contribution in [3.63, 3.8) is 0 Å². The number of nitrogens with zero attached hydrogens (tertiary/aromatic N) is 1. The van der Waals surface area contributed by atoms with Crippen LogP contribution in [0.4, 0.5) is 14.5 Å². The van der Waals surface area contributed by atoms with Crippen LogP contribution in [0.15, 0.2) is 42.5 Å². The van der Waals surface area contributed by atoms with Gasteiger partial charge in [-0.3, -0.25) is 14.4 Å². The molecule has 0 aromatic heterocycles. The number of hydrogen-bond donors (Lipinski definition) is 1. The first kappa shape index (κ1) is 20.4. The summed E-state index contributed by atoms with van der Waals surface area (Å²) < 4.78 is 31.6. The molecule has 1 N–H and O–H groups in total. The Morgan fingerprint density at radius 1 is 1.17 bits per heavy atom. The van der Waals surface area contributed by atoms with Gasteiger partial charge >= 0.3 is 5.97 Å². The molecule has 1 aliphatic heterocycles. The summed E-state index contributed by atoms with van der Waals surface area (Å²) in [5.74, 6) is -3.54. The maximum absolute atomic E-state index is 13.6. The van der Waals surface area contributed by atoms with Gasteiger partial charge in [-0.15, -0.1) is 0 Å². The van der Waals surface area contributed by atoms with Crippen molar-refractivity contribution in [1.29, 1.82) is 0 Å². The summed E-state index contributed by atoms with van der Waals surface area (Å²) in [5.41, 5.74) is 1.56. The van der Waals surface area contributed by atoms with Crippen molar-refractivity contribution in [2.75, 3.05) is 18.0 Å². The molecule has 1 atom stereocenters. The first-order valence-electron chi connectivity index (χ1n) is 9.19. The third-order valence-corrected chi connectivity index (χ3v) is 4.60. The highest BCUT2D eigenvalue weighted by Crippen LogP contribution is 2.28. The summed E-state index contributed by atoms with van der Waals surface area (Å²) in [4.78, 5) is 38.0. The van der Waals surface area contributed by atoms with E-state index in [1.165, 1.54) is 6.92 Å². The van der Waals surface area contributed by atoms with Gasteiger partial charge in [-0.1, -0.05) is 18.2 Å². The number of halogens is 2. The molecule has 0 saturated heterocycles. The third-order valence-electron chi connectivity index (χ3n) is 4.60. The molecule has 8 heteroatoms. The van der Waals surface area contributed by atoms with Crippen LogP contribution in [-0.2, 0) is 20.7 Å². The van der Waals surface area contributed by atoms with E-state index in [1.807, 2.05) is 24.3 Å². The predicted octanol–water partition coefficient (Wildman–Crippen LogP) is 2.61. The predicted molar refractivity (Wildman–Crippen MR) is 101 cm³/mol. The summed E-state index contributed by atoms with van der Waals surface area (Å²) >= 11 is 0. The van der Waals surface area contributed by atoms with Crippen LogP contribution in [0.1, 0.15) is 29.3 Å². The number of para-hydroxylation sites is 1. The summed E-state index contributed by atoms with van der Waals surface area (Å²) in [6.07, 6.45) is -0.420. The average molecular weight is 402 g/mol. The Bertz CT molecular complexity index is 948. The standard InChI is InChI=1S/C21H20F2N2O4/c1-13(21(28)25-11-9-14-4-2-3-5-18(14)25)29-19(26)8-10-24-20(27)16-7-6-15(22)12-17(16)23/h2-7,12-13H,8-11H2,1H3,(H,24,27). The molecular formula is C21H20F2N2O4. The fourth-order valence-electron chi connectivity index (χ4n) is 3.14. The SMILES string of the molecule is CC(OC(=O)CCNC(=O)c1ccc(F)cc1F)C(=O)N1CCc2ccccc21. The number of ether oxygens (including phenoxy) is 1. The highest BCUT2D eigenvalue weighted by Gasteiger charge is 2.29. The highest BCUT2D eigenvalue weighted by molar-refractivity contribution is 5.99. The fourth-order valence-corrected chi connectivity index (χ4v) is 3.14. The number of benzene rings is 2. The van der Waals surface area contributed by atoms with Crippen molar-refractivity contribution in [2.24, 2.45) is 0 Å². The minimum atomic E-state index is -0.991. The van der Waals surface area contributed by atoms with Crippen LogP contribution in [-0.4, -0.2) is 37.0 Å². The van der Waals surface area contributed by atoms with Gasteiger partial charge in [0.05, 0.1) is 12.0 Å². The summed E-state index contributed by atoms with van der Waals surface area (Å²) in [5, 5.41) is 2.36. The third kappa shape index (κ3) is 4.77. The molecule has 6 nitrogen and oxygen atoms in total. The lowest BCUT2D eigenvalue weighted by Gasteiger charge is -2.21. The number of fused-ring (bicyclic) bond motifs is 1. The lowest BCUT2D eigenvalue weighted by molar-refractivity contribution is -0.153. The van der Waals surface area contributed by atoms with Crippen LogP contribution in [0.25, 0.3) is 0 Å². The second-order valence-electron chi connectivity index (χ2n) is 6.63. The largest absolute Gasteiger partial charge is 0.452 e. The molecule has 29 heavy (non-hydrogen) atoms. The molecule has 1 unspecified atom stereocenters. The second-order valence-corrected chi connectivity index (χ2v) is 6.63. The zero-order chi connectivity index (χ0) is 21.0. The van der Waals surface area contributed by atoms with E-state index in [-0.39, 0.29) is 24.4 Å². The lowest BCUT2D eigenvalue weighted by Crippen LogP contribution is -2.39. The molecule has 152 valence electrons. The Balaban J connectivity index is 1.47. The van der Waals surface area contributed by atoms with Crippen molar-refractivity contribution in [1.82, 2.24) is 5.32 Å². The van der Waals surface area contributed by atoms with Gasteiger partial charge in [0.25, 0.3) is 11.8 Å². The van der Waals surface area contributed by atoms with Crippen molar-refractivity contribution in [2.45, 2.75) is 25.9 Å². The van der Waals surface area contributed by atoms with E-state index >= 15 is 0 Å². The molecule has 2 aromatic carbocycles. The molecule has 0 saturated carbocycles. The molecule has 3 rings (SSSR count). The average Bonchev–Trinajstić information content (AvgIpc) is 3.11. The number of hydrogen-bond acceptors (Lipinski definition) is 4. The Kier molecular flexibility index (Phi) is 6.21. The van der Waals surface area contributed by atoms with Crippen LogP contribution in [0.3, 0.4) is 0 Å². The second kappa shape index (κ2) is 8.81.